The molecule has 6 heteroatoms. The van der Waals surface area contributed by atoms with E-state index in [1.807, 2.05) is 0 Å². The molecule has 0 radical (unpaired) electrons. The lowest BCUT2D eigenvalue weighted by molar-refractivity contribution is -0.131. The molecule has 0 aromatic heterocycles. The number of nitrogens with zero attached hydrogens (tertiary/aromatic N) is 1. The van der Waals surface area contributed by atoms with Crippen molar-refractivity contribution < 1.29 is 23.1 Å². The third kappa shape index (κ3) is 4.23. The van der Waals surface area contributed by atoms with E-state index in [1.54, 1.807) is 20.8 Å². The lowest BCUT2D eigenvalue weighted by atomic mass is 10.1. The maximum absolute atomic E-state index is 13.0. The summed E-state index contributed by atoms with van der Waals surface area (Å²) in [6, 6.07) is -0.625. The second kappa shape index (κ2) is 5.20. The van der Waals surface area contributed by atoms with E-state index in [0.29, 0.717) is 19.4 Å². The van der Waals surface area contributed by atoms with Crippen molar-refractivity contribution in [1.82, 2.24) is 4.90 Å². The molecule has 0 spiro atoms. The minimum atomic E-state index is -3.38. The van der Waals surface area contributed by atoms with Gasteiger partial charge in [-0.05, 0) is 33.6 Å². The van der Waals surface area contributed by atoms with Crippen LogP contribution in [0.1, 0.15) is 40.0 Å². The number of rotatable bonds is 3. The number of carbonyl (C=O) groups excluding carboxylic acids is 2. The average molecular weight is 263 g/mol. The van der Waals surface area contributed by atoms with Crippen LogP contribution in [0.4, 0.5) is 13.6 Å². The summed E-state index contributed by atoms with van der Waals surface area (Å²) in [7, 11) is 0. The van der Waals surface area contributed by atoms with Gasteiger partial charge in [-0.15, -0.1) is 0 Å². The van der Waals surface area contributed by atoms with Crippen molar-refractivity contribution in [3.63, 3.8) is 0 Å². The van der Waals surface area contributed by atoms with Gasteiger partial charge in [0.25, 0.3) is 0 Å². The summed E-state index contributed by atoms with van der Waals surface area (Å²) >= 11 is 0. The first-order chi connectivity index (χ1) is 8.14. The van der Waals surface area contributed by atoms with Crippen LogP contribution >= 0.6 is 0 Å². The molecule has 0 bridgehead atoms. The van der Waals surface area contributed by atoms with Gasteiger partial charge in [0.15, 0.2) is 6.29 Å². The second-order valence-corrected chi connectivity index (χ2v) is 5.55. The molecule has 1 atom stereocenters. The maximum atomic E-state index is 13.0. The highest BCUT2D eigenvalue weighted by molar-refractivity contribution is 5.69. The Morgan fingerprint density at radius 2 is 2.06 bits per heavy atom. The van der Waals surface area contributed by atoms with Gasteiger partial charge in [0, 0.05) is 19.0 Å². The molecular formula is C12H19F2NO3. The fourth-order valence-electron chi connectivity index (χ4n) is 1.97. The zero-order valence-electron chi connectivity index (χ0n) is 10.9. The normalized spacial score (nSPS) is 20.9. The number of ether oxygens (including phenoxy) is 1. The second-order valence-electron chi connectivity index (χ2n) is 5.55. The molecule has 0 aromatic rings. The summed E-state index contributed by atoms with van der Waals surface area (Å²) in [5, 5.41) is 0. The zero-order chi connectivity index (χ0) is 14.0. The maximum Gasteiger partial charge on any atom is 0.410 e. The zero-order valence-corrected chi connectivity index (χ0v) is 10.9. The number of hydrogen-bond acceptors (Lipinski definition) is 3. The number of hydrogen-bond donors (Lipinski definition) is 0. The highest BCUT2D eigenvalue weighted by Crippen LogP contribution is 2.29. The van der Waals surface area contributed by atoms with Gasteiger partial charge in [-0.2, -0.15) is 8.78 Å². The van der Waals surface area contributed by atoms with Crippen molar-refractivity contribution in [3.8, 4) is 0 Å². The van der Waals surface area contributed by atoms with Gasteiger partial charge >= 0.3 is 12.0 Å². The monoisotopic (exact) mass is 263 g/mol. The summed E-state index contributed by atoms with van der Waals surface area (Å²) in [6.45, 7) is 5.55. The lowest BCUT2D eigenvalue weighted by Gasteiger charge is -2.29. The molecule has 1 heterocycles. The molecule has 0 aliphatic carbocycles. The van der Waals surface area contributed by atoms with Gasteiger partial charge in [0.05, 0.1) is 0 Å². The highest BCUT2D eigenvalue weighted by atomic mass is 19.3. The summed E-state index contributed by atoms with van der Waals surface area (Å²) < 4.78 is 31.2. The Hall–Kier alpha value is -1.20. The predicted molar refractivity (Wildman–Crippen MR) is 61.6 cm³/mol. The van der Waals surface area contributed by atoms with Crippen molar-refractivity contribution in [2.45, 2.75) is 57.6 Å². The fourth-order valence-corrected chi connectivity index (χ4v) is 1.97. The third-order valence-corrected chi connectivity index (χ3v) is 2.69. The van der Waals surface area contributed by atoms with Crippen molar-refractivity contribution >= 4 is 12.4 Å². The van der Waals surface area contributed by atoms with Crippen LogP contribution in [0, 0.1) is 0 Å². The Kier molecular flexibility index (Phi) is 4.29. The number of carbonyl (C=O) groups is 2. The Balaban J connectivity index is 2.65. The highest BCUT2D eigenvalue weighted by Gasteiger charge is 2.39. The van der Waals surface area contributed by atoms with E-state index in [-0.39, 0.29) is 6.29 Å². The van der Waals surface area contributed by atoms with Gasteiger partial charge in [0.1, 0.15) is 5.60 Å². The van der Waals surface area contributed by atoms with E-state index in [0.717, 1.165) is 0 Å². The van der Waals surface area contributed by atoms with E-state index in [2.05, 4.69) is 0 Å². The molecule has 4 nitrogen and oxygen atoms in total. The molecule has 1 amide bonds. The van der Waals surface area contributed by atoms with Crippen LogP contribution in [-0.2, 0) is 9.53 Å². The molecule has 1 aliphatic heterocycles. The number of halogens is 2. The van der Waals surface area contributed by atoms with Gasteiger partial charge in [0.2, 0.25) is 0 Å². The van der Waals surface area contributed by atoms with Gasteiger partial charge in [-0.1, -0.05) is 0 Å². The summed E-state index contributed by atoms with van der Waals surface area (Å²) in [6.07, 6.45) is -0.456. The number of likely N-dealkylation sites (tertiary alicyclic amines) is 1. The molecule has 1 rings (SSSR count). The smallest absolute Gasteiger partial charge is 0.410 e. The van der Waals surface area contributed by atoms with Crippen molar-refractivity contribution in [1.29, 1.82) is 0 Å². The first-order valence-corrected chi connectivity index (χ1v) is 5.98. The Morgan fingerprint density at radius 1 is 1.44 bits per heavy atom. The Labute approximate surface area is 105 Å². The molecule has 1 saturated heterocycles. The predicted octanol–water partition coefficient (Wildman–Crippen LogP) is 2.61. The van der Waals surface area contributed by atoms with Crippen LogP contribution in [-0.4, -0.2) is 41.4 Å². The van der Waals surface area contributed by atoms with Crippen molar-refractivity contribution in [2.24, 2.45) is 0 Å². The average Bonchev–Trinajstić information content (AvgIpc) is 2.62. The summed E-state index contributed by atoms with van der Waals surface area (Å²) in [5.41, 5.74) is -0.655. The van der Waals surface area contributed by atoms with Crippen LogP contribution in [0.15, 0.2) is 0 Å². The summed E-state index contributed by atoms with van der Waals surface area (Å²) in [4.78, 5) is 23.3. The number of amides is 1. The van der Waals surface area contributed by atoms with Crippen LogP contribution in [0.3, 0.4) is 0 Å². The van der Waals surface area contributed by atoms with E-state index in [1.165, 1.54) is 4.90 Å². The van der Waals surface area contributed by atoms with Crippen LogP contribution in [0.5, 0.6) is 0 Å². The van der Waals surface area contributed by atoms with E-state index in [9.17, 15) is 18.4 Å². The largest absolute Gasteiger partial charge is 0.444 e. The molecule has 0 aromatic carbocycles. The SMILES string of the molecule is CC(C)(C)OC(=O)N1CCCC1CC(F)(F)C=O. The molecule has 104 valence electrons. The van der Waals surface area contributed by atoms with Gasteiger partial charge in [-0.3, -0.25) is 4.79 Å². The van der Waals surface area contributed by atoms with Crippen LogP contribution in [0.2, 0.25) is 0 Å². The standard InChI is InChI=1S/C12H19F2NO3/c1-11(2,3)18-10(17)15-6-4-5-9(15)7-12(13,14)8-16/h8-9H,4-7H2,1-3H3. The molecular weight excluding hydrogens is 244 g/mol. The summed E-state index contributed by atoms with van der Waals surface area (Å²) in [5.74, 6) is -3.38. The minimum Gasteiger partial charge on any atom is -0.444 e. The van der Waals surface area contributed by atoms with E-state index >= 15 is 0 Å². The van der Waals surface area contributed by atoms with Gasteiger partial charge < -0.3 is 9.64 Å². The van der Waals surface area contributed by atoms with E-state index < -0.39 is 30.1 Å². The number of aldehydes is 1. The first-order valence-electron chi connectivity index (χ1n) is 5.98. The Bertz CT molecular complexity index is 326. The molecule has 1 fully saturated rings. The quantitative estimate of drug-likeness (QED) is 0.735. The van der Waals surface area contributed by atoms with Crippen LogP contribution < -0.4 is 0 Å². The molecule has 0 saturated carbocycles. The number of alkyl halides is 2. The van der Waals surface area contributed by atoms with Gasteiger partial charge in [-0.25, -0.2) is 4.79 Å². The Morgan fingerprint density at radius 3 is 2.56 bits per heavy atom. The minimum absolute atomic E-state index is 0.363. The molecule has 18 heavy (non-hydrogen) atoms. The first kappa shape index (κ1) is 14.9. The third-order valence-electron chi connectivity index (χ3n) is 2.69. The van der Waals surface area contributed by atoms with Crippen molar-refractivity contribution in [2.75, 3.05) is 6.54 Å². The molecule has 0 N–H and O–H groups in total. The van der Waals surface area contributed by atoms with E-state index in [4.69, 9.17) is 4.74 Å². The lowest BCUT2D eigenvalue weighted by Crippen LogP contribution is -2.42. The van der Waals surface area contributed by atoms with Crippen molar-refractivity contribution in [3.05, 3.63) is 0 Å². The topological polar surface area (TPSA) is 46.6 Å². The molecule has 1 unspecified atom stereocenters. The molecule has 1 aliphatic rings. The van der Waals surface area contributed by atoms with Crippen LogP contribution in [0.25, 0.3) is 0 Å². The fraction of sp³-hybridized carbons (Fsp3) is 0.833.